The maximum atomic E-state index is 12.3. The third-order valence-corrected chi connectivity index (χ3v) is 5.16. The summed E-state index contributed by atoms with van der Waals surface area (Å²) in [5.74, 6) is 1.11. The number of nitrogens with one attached hydrogen (secondary N) is 1. The van der Waals surface area contributed by atoms with Crippen LogP contribution in [0.15, 0.2) is 59.0 Å². The minimum absolute atomic E-state index is 0.163. The highest BCUT2D eigenvalue weighted by atomic mass is 16.5. The van der Waals surface area contributed by atoms with Gasteiger partial charge in [0, 0.05) is 44.7 Å². The fourth-order valence-corrected chi connectivity index (χ4v) is 3.61. The Kier molecular flexibility index (Phi) is 5.48. The summed E-state index contributed by atoms with van der Waals surface area (Å²) in [7, 11) is 1.71. The summed E-state index contributed by atoms with van der Waals surface area (Å²) >= 11 is 0. The number of benzene rings is 2. The topological polar surface area (TPSA) is 58.0 Å². The first kappa shape index (κ1) is 18.4. The van der Waals surface area contributed by atoms with Gasteiger partial charge in [-0.05, 0) is 24.3 Å². The number of methoxy groups -OCH3 is 1. The van der Waals surface area contributed by atoms with Crippen molar-refractivity contribution < 1.29 is 13.9 Å². The number of carbonyl (C=O) groups is 1. The van der Waals surface area contributed by atoms with E-state index in [0.29, 0.717) is 12.3 Å². The summed E-state index contributed by atoms with van der Waals surface area (Å²) in [5.41, 5.74) is 1.88. The molecule has 0 radical (unpaired) electrons. The zero-order chi connectivity index (χ0) is 19.3. The van der Waals surface area contributed by atoms with Crippen LogP contribution >= 0.6 is 0 Å². The summed E-state index contributed by atoms with van der Waals surface area (Å²) in [4.78, 5) is 17.0. The first-order valence-electron chi connectivity index (χ1n) is 9.62. The number of nitrogens with zero attached hydrogens (tertiary/aromatic N) is 2. The maximum absolute atomic E-state index is 12.3. The highest BCUT2D eigenvalue weighted by Gasteiger charge is 2.19. The summed E-state index contributed by atoms with van der Waals surface area (Å²) < 4.78 is 11.1. The molecule has 0 bridgehead atoms. The molecule has 1 N–H and O–H groups in total. The summed E-state index contributed by atoms with van der Waals surface area (Å²) in [6.45, 7) is 5.23. The van der Waals surface area contributed by atoms with E-state index in [2.05, 4.69) is 21.2 Å². The van der Waals surface area contributed by atoms with Gasteiger partial charge in [-0.3, -0.25) is 9.69 Å². The molecule has 2 aromatic carbocycles. The Morgan fingerprint density at radius 1 is 1.07 bits per heavy atom. The smallest absolute Gasteiger partial charge is 0.287 e. The fourth-order valence-electron chi connectivity index (χ4n) is 3.61. The SMILES string of the molecule is COc1ccccc1N1CCN(CCNC(=O)c2cc3ccccc3o2)CC1. The predicted octanol–water partition coefficient (Wildman–Crippen LogP) is 2.99. The molecule has 146 valence electrons. The zero-order valence-electron chi connectivity index (χ0n) is 16.1. The van der Waals surface area contributed by atoms with Crippen LogP contribution in [-0.2, 0) is 0 Å². The number of piperazine rings is 1. The van der Waals surface area contributed by atoms with Crippen LogP contribution in [-0.4, -0.2) is 57.2 Å². The number of carbonyl (C=O) groups excluding carboxylic acids is 1. The predicted molar refractivity (Wildman–Crippen MR) is 110 cm³/mol. The van der Waals surface area contributed by atoms with Gasteiger partial charge in [0.25, 0.3) is 5.91 Å². The molecule has 0 unspecified atom stereocenters. The molecule has 4 rings (SSSR count). The maximum Gasteiger partial charge on any atom is 0.287 e. The number of hydrogen-bond acceptors (Lipinski definition) is 5. The van der Waals surface area contributed by atoms with E-state index in [9.17, 15) is 4.79 Å². The first-order chi connectivity index (χ1) is 13.7. The number of para-hydroxylation sites is 3. The second-order valence-corrected chi connectivity index (χ2v) is 6.90. The molecule has 1 saturated heterocycles. The molecule has 28 heavy (non-hydrogen) atoms. The molecule has 0 aliphatic carbocycles. The molecule has 3 aromatic rings. The molecule has 1 aliphatic rings. The van der Waals surface area contributed by atoms with Crippen LogP contribution in [0.5, 0.6) is 5.75 Å². The second-order valence-electron chi connectivity index (χ2n) is 6.90. The van der Waals surface area contributed by atoms with Gasteiger partial charge in [-0.2, -0.15) is 0 Å². The van der Waals surface area contributed by atoms with E-state index in [4.69, 9.17) is 9.15 Å². The highest BCUT2D eigenvalue weighted by molar-refractivity contribution is 5.96. The van der Waals surface area contributed by atoms with Crippen molar-refractivity contribution in [3.63, 3.8) is 0 Å². The van der Waals surface area contributed by atoms with Gasteiger partial charge < -0.3 is 19.4 Å². The van der Waals surface area contributed by atoms with Gasteiger partial charge >= 0.3 is 0 Å². The average Bonchev–Trinajstić information content (AvgIpc) is 3.19. The lowest BCUT2D eigenvalue weighted by Crippen LogP contribution is -2.48. The van der Waals surface area contributed by atoms with Crippen LogP contribution in [0.3, 0.4) is 0 Å². The van der Waals surface area contributed by atoms with E-state index in [-0.39, 0.29) is 5.91 Å². The molecular formula is C22H25N3O3. The van der Waals surface area contributed by atoms with Gasteiger partial charge in [0.15, 0.2) is 5.76 Å². The molecule has 1 aliphatic heterocycles. The van der Waals surface area contributed by atoms with Crippen LogP contribution < -0.4 is 15.0 Å². The van der Waals surface area contributed by atoms with Crippen LogP contribution in [0, 0.1) is 0 Å². The van der Waals surface area contributed by atoms with E-state index in [1.54, 1.807) is 13.2 Å². The van der Waals surface area contributed by atoms with E-state index in [0.717, 1.165) is 55.1 Å². The molecule has 6 nitrogen and oxygen atoms in total. The highest BCUT2D eigenvalue weighted by Crippen LogP contribution is 2.28. The van der Waals surface area contributed by atoms with E-state index in [1.807, 2.05) is 42.5 Å². The van der Waals surface area contributed by atoms with Crippen molar-refractivity contribution in [3.05, 3.63) is 60.4 Å². The number of rotatable bonds is 6. The van der Waals surface area contributed by atoms with Gasteiger partial charge in [-0.25, -0.2) is 0 Å². The third-order valence-electron chi connectivity index (χ3n) is 5.16. The molecular weight excluding hydrogens is 354 g/mol. The van der Waals surface area contributed by atoms with Crippen molar-refractivity contribution in [2.24, 2.45) is 0 Å². The minimum Gasteiger partial charge on any atom is -0.495 e. The molecule has 0 atom stereocenters. The Bertz CT molecular complexity index is 912. The molecule has 0 spiro atoms. The number of fused-ring (bicyclic) bond motifs is 1. The van der Waals surface area contributed by atoms with Crippen LogP contribution in [0.2, 0.25) is 0 Å². The number of furan rings is 1. The Hall–Kier alpha value is -2.99. The van der Waals surface area contributed by atoms with Crippen molar-refractivity contribution in [1.82, 2.24) is 10.2 Å². The van der Waals surface area contributed by atoms with Crippen LogP contribution in [0.4, 0.5) is 5.69 Å². The van der Waals surface area contributed by atoms with Gasteiger partial charge in [0.2, 0.25) is 0 Å². The molecule has 1 amide bonds. The number of ether oxygens (including phenoxy) is 1. The lowest BCUT2D eigenvalue weighted by atomic mass is 10.2. The zero-order valence-corrected chi connectivity index (χ0v) is 16.1. The quantitative estimate of drug-likeness (QED) is 0.714. The van der Waals surface area contributed by atoms with Crippen molar-refractivity contribution in [2.45, 2.75) is 0 Å². The van der Waals surface area contributed by atoms with Crippen molar-refractivity contribution in [2.75, 3.05) is 51.3 Å². The van der Waals surface area contributed by atoms with E-state index in [1.165, 1.54) is 0 Å². The summed E-state index contributed by atoms with van der Waals surface area (Å²) in [6, 6.07) is 17.6. The summed E-state index contributed by atoms with van der Waals surface area (Å²) in [6.07, 6.45) is 0. The van der Waals surface area contributed by atoms with Crippen molar-refractivity contribution in [3.8, 4) is 5.75 Å². The second kappa shape index (κ2) is 8.35. The monoisotopic (exact) mass is 379 g/mol. The van der Waals surface area contributed by atoms with Gasteiger partial charge in [-0.15, -0.1) is 0 Å². The minimum atomic E-state index is -0.163. The molecule has 1 fully saturated rings. The van der Waals surface area contributed by atoms with E-state index < -0.39 is 0 Å². The van der Waals surface area contributed by atoms with Crippen molar-refractivity contribution in [1.29, 1.82) is 0 Å². The number of anilines is 1. The number of hydrogen-bond donors (Lipinski definition) is 1. The van der Waals surface area contributed by atoms with Crippen LogP contribution in [0.1, 0.15) is 10.6 Å². The molecule has 6 heteroatoms. The van der Waals surface area contributed by atoms with Gasteiger partial charge in [0.05, 0.1) is 12.8 Å². The Morgan fingerprint density at radius 2 is 1.82 bits per heavy atom. The van der Waals surface area contributed by atoms with Crippen molar-refractivity contribution >= 4 is 22.6 Å². The Morgan fingerprint density at radius 3 is 2.61 bits per heavy atom. The number of amides is 1. The molecule has 0 saturated carbocycles. The average molecular weight is 379 g/mol. The normalized spacial score (nSPS) is 15.0. The van der Waals surface area contributed by atoms with Gasteiger partial charge in [0.1, 0.15) is 11.3 Å². The Balaban J connectivity index is 1.25. The molecule has 2 heterocycles. The summed E-state index contributed by atoms with van der Waals surface area (Å²) in [5, 5.41) is 3.90. The van der Waals surface area contributed by atoms with Crippen LogP contribution in [0.25, 0.3) is 11.0 Å². The lowest BCUT2D eigenvalue weighted by Gasteiger charge is -2.36. The third kappa shape index (κ3) is 3.97. The van der Waals surface area contributed by atoms with E-state index >= 15 is 0 Å². The fraction of sp³-hybridized carbons (Fsp3) is 0.318. The van der Waals surface area contributed by atoms with Gasteiger partial charge in [-0.1, -0.05) is 30.3 Å². The largest absolute Gasteiger partial charge is 0.495 e. The molecule has 1 aromatic heterocycles. The standard InChI is InChI=1S/C22H25N3O3/c1-27-20-9-5-3-7-18(20)25-14-12-24(13-15-25)11-10-23-22(26)21-16-17-6-2-4-8-19(17)28-21/h2-9,16H,10-15H2,1H3,(H,23,26). The first-order valence-corrected chi connectivity index (χ1v) is 9.62. The lowest BCUT2D eigenvalue weighted by molar-refractivity contribution is 0.0922. The Labute approximate surface area is 164 Å².